The van der Waals surface area contributed by atoms with Crippen LogP contribution < -0.4 is 10.1 Å². The minimum absolute atomic E-state index is 0.0540. The van der Waals surface area contributed by atoms with Crippen LogP contribution in [0.1, 0.15) is 32.8 Å². The maximum Gasteiger partial charge on any atom is 0.261 e. The zero-order valence-corrected chi connectivity index (χ0v) is 18.1. The molecule has 0 aliphatic carbocycles. The summed E-state index contributed by atoms with van der Waals surface area (Å²) in [4.78, 5) is 27.1. The second-order valence-corrected chi connectivity index (χ2v) is 7.66. The number of rotatable bonds is 9. The Hall–Kier alpha value is -2.34. The summed E-state index contributed by atoms with van der Waals surface area (Å²) in [5.41, 5.74) is 0.936. The van der Waals surface area contributed by atoms with Crippen molar-refractivity contribution in [3.8, 4) is 5.75 Å². The van der Waals surface area contributed by atoms with Gasteiger partial charge in [-0.25, -0.2) is 0 Å². The highest BCUT2D eigenvalue weighted by Crippen LogP contribution is 2.16. The maximum absolute atomic E-state index is 12.9. The minimum atomic E-state index is -0.611. The summed E-state index contributed by atoms with van der Waals surface area (Å²) in [7, 11) is 0. The first-order valence-corrected chi connectivity index (χ1v) is 10.2. The van der Waals surface area contributed by atoms with Crippen LogP contribution in [0, 0.1) is 0 Å². The summed E-state index contributed by atoms with van der Waals surface area (Å²) in [5, 5.41) is 2.95. The molecule has 0 aromatic heterocycles. The van der Waals surface area contributed by atoms with E-state index >= 15 is 0 Å². The van der Waals surface area contributed by atoms with Gasteiger partial charge in [0, 0.05) is 17.1 Å². The van der Waals surface area contributed by atoms with Crippen LogP contribution in [0.4, 0.5) is 0 Å². The van der Waals surface area contributed by atoms with E-state index in [1.165, 1.54) is 0 Å². The Bertz CT molecular complexity index is 782. The lowest BCUT2D eigenvalue weighted by Gasteiger charge is -2.29. The molecule has 0 saturated carbocycles. The fraction of sp³-hybridized carbons (Fsp3) is 0.364. The summed E-state index contributed by atoms with van der Waals surface area (Å²) in [6.45, 7) is 5.90. The number of benzene rings is 2. The van der Waals surface area contributed by atoms with E-state index < -0.39 is 6.04 Å². The van der Waals surface area contributed by atoms with Gasteiger partial charge in [0.2, 0.25) is 5.91 Å². The normalized spacial score (nSPS) is 12.7. The fourth-order valence-electron chi connectivity index (χ4n) is 2.62. The van der Waals surface area contributed by atoms with Crippen molar-refractivity contribution in [2.45, 2.75) is 45.8 Å². The van der Waals surface area contributed by atoms with Crippen LogP contribution in [0.2, 0.25) is 0 Å². The van der Waals surface area contributed by atoms with Gasteiger partial charge < -0.3 is 15.0 Å². The van der Waals surface area contributed by atoms with Crippen LogP contribution in [-0.4, -0.2) is 35.4 Å². The second-order valence-electron chi connectivity index (χ2n) is 6.75. The molecule has 0 spiro atoms. The summed E-state index contributed by atoms with van der Waals surface area (Å²) in [6, 6.07) is 16.3. The Balaban J connectivity index is 2.14. The lowest BCUT2D eigenvalue weighted by molar-refractivity contribution is -0.142. The van der Waals surface area contributed by atoms with Crippen LogP contribution in [0.25, 0.3) is 0 Å². The van der Waals surface area contributed by atoms with Gasteiger partial charge in [-0.15, -0.1) is 0 Å². The zero-order valence-electron chi connectivity index (χ0n) is 16.5. The summed E-state index contributed by atoms with van der Waals surface area (Å²) in [5.74, 6) is 0.211. The molecule has 0 heterocycles. The molecule has 1 N–H and O–H groups in total. The van der Waals surface area contributed by atoms with Crippen LogP contribution >= 0.6 is 15.9 Å². The van der Waals surface area contributed by atoms with Gasteiger partial charge in [0.15, 0.2) is 6.61 Å². The summed E-state index contributed by atoms with van der Waals surface area (Å²) in [6.07, 6.45) is 0.829. The van der Waals surface area contributed by atoms with Gasteiger partial charge in [-0.3, -0.25) is 9.59 Å². The molecule has 2 amide bonds. The highest BCUT2D eigenvalue weighted by molar-refractivity contribution is 9.10. The van der Waals surface area contributed by atoms with Gasteiger partial charge in [-0.1, -0.05) is 53.2 Å². The van der Waals surface area contributed by atoms with E-state index in [2.05, 4.69) is 21.2 Å². The first kappa shape index (κ1) is 22.0. The van der Waals surface area contributed by atoms with E-state index in [0.29, 0.717) is 12.3 Å². The number of hydrogen-bond donors (Lipinski definition) is 1. The van der Waals surface area contributed by atoms with E-state index in [1.54, 1.807) is 24.0 Å². The van der Waals surface area contributed by atoms with Crippen molar-refractivity contribution in [1.29, 1.82) is 0 Å². The van der Waals surface area contributed by atoms with Crippen LogP contribution in [-0.2, 0) is 16.1 Å². The molecule has 0 fully saturated rings. The molecule has 28 heavy (non-hydrogen) atoms. The average Bonchev–Trinajstić information content (AvgIpc) is 2.70. The van der Waals surface area contributed by atoms with E-state index in [-0.39, 0.29) is 24.5 Å². The van der Waals surface area contributed by atoms with Crippen LogP contribution in [0.3, 0.4) is 0 Å². The minimum Gasteiger partial charge on any atom is -0.484 e. The molecular weight excluding hydrogens is 420 g/mol. The smallest absolute Gasteiger partial charge is 0.261 e. The molecule has 0 radical (unpaired) electrons. The Morgan fingerprint density at radius 2 is 1.82 bits per heavy atom. The first-order valence-electron chi connectivity index (χ1n) is 9.42. The zero-order chi connectivity index (χ0) is 20.5. The molecule has 2 aromatic carbocycles. The number of halogens is 1. The summed E-state index contributed by atoms with van der Waals surface area (Å²) < 4.78 is 6.54. The van der Waals surface area contributed by atoms with E-state index in [1.807, 2.05) is 56.3 Å². The van der Waals surface area contributed by atoms with Crippen molar-refractivity contribution in [1.82, 2.24) is 10.2 Å². The van der Waals surface area contributed by atoms with Crippen LogP contribution in [0.15, 0.2) is 59.1 Å². The largest absolute Gasteiger partial charge is 0.484 e. The number of para-hydroxylation sites is 1. The predicted molar refractivity (Wildman–Crippen MR) is 114 cm³/mol. The molecule has 0 saturated heterocycles. The Morgan fingerprint density at radius 1 is 1.11 bits per heavy atom. The van der Waals surface area contributed by atoms with Crippen molar-refractivity contribution in [2.75, 3.05) is 6.61 Å². The third kappa shape index (κ3) is 6.68. The molecule has 0 aliphatic rings. The highest BCUT2D eigenvalue weighted by atomic mass is 79.9. The van der Waals surface area contributed by atoms with Gasteiger partial charge in [-0.2, -0.15) is 0 Å². The predicted octanol–water partition coefficient (Wildman–Crippen LogP) is 4.16. The molecule has 0 bridgehead atoms. The van der Waals surface area contributed by atoms with Gasteiger partial charge in [0.25, 0.3) is 5.91 Å². The quantitative estimate of drug-likeness (QED) is 0.628. The molecule has 0 unspecified atom stereocenters. The molecule has 0 aliphatic heterocycles. The van der Waals surface area contributed by atoms with E-state index in [9.17, 15) is 9.59 Å². The van der Waals surface area contributed by atoms with Gasteiger partial charge in [0.1, 0.15) is 11.8 Å². The lowest BCUT2D eigenvalue weighted by Crippen LogP contribution is -2.50. The highest BCUT2D eigenvalue weighted by Gasteiger charge is 2.27. The van der Waals surface area contributed by atoms with E-state index in [0.717, 1.165) is 16.5 Å². The molecule has 150 valence electrons. The molecular formula is C22H27BrN2O3. The number of hydrogen-bond acceptors (Lipinski definition) is 3. The van der Waals surface area contributed by atoms with E-state index in [4.69, 9.17) is 4.74 Å². The van der Waals surface area contributed by atoms with Gasteiger partial charge in [-0.05, 0) is 50.1 Å². The first-order chi connectivity index (χ1) is 13.4. The van der Waals surface area contributed by atoms with Crippen molar-refractivity contribution < 1.29 is 14.3 Å². The average molecular weight is 447 g/mol. The van der Waals surface area contributed by atoms with Crippen molar-refractivity contribution in [3.63, 3.8) is 0 Å². The van der Waals surface area contributed by atoms with Crippen molar-refractivity contribution in [2.24, 2.45) is 0 Å². The van der Waals surface area contributed by atoms with Crippen LogP contribution in [0.5, 0.6) is 5.75 Å². The Labute approximate surface area is 175 Å². The Morgan fingerprint density at radius 3 is 2.46 bits per heavy atom. The number of amides is 2. The number of nitrogens with one attached hydrogen (secondary N) is 1. The number of carbonyl (C=O) groups is 2. The topological polar surface area (TPSA) is 58.6 Å². The number of ether oxygens (including phenoxy) is 1. The number of carbonyl (C=O) groups excluding carboxylic acids is 2. The maximum atomic E-state index is 12.9. The second kappa shape index (κ2) is 10.9. The molecule has 2 atom stereocenters. The van der Waals surface area contributed by atoms with Gasteiger partial charge >= 0.3 is 0 Å². The molecule has 5 nitrogen and oxygen atoms in total. The summed E-state index contributed by atoms with van der Waals surface area (Å²) >= 11 is 3.45. The van der Waals surface area contributed by atoms with Crippen molar-refractivity contribution >= 4 is 27.7 Å². The third-order valence-corrected chi connectivity index (χ3v) is 5.01. The third-order valence-electron chi connectivity index (χ3n) is 4.52. The molecule has 2 aromatic rings. The fourth-order valence-corrected chi connectivity index (χ4v) is 3.07. The van der Waals surface area contributed by atoms with Crippen molar-refractivity contribution in [3.05, 3.63) is 64.6 Å². The number of nitrogens with zero attached hydrogens (tertiary/aromatic N) is 1. The molecule has 2 rings (SSSR count). The van der Waals surface area contributed by atoms with Gasteiger partial charge in [0.05, 0.1) is 0 Å². The lowest BCUT2D eigenvalue weighted by atomic mass is 10.1. The molecule has 6 heteroatoms. The Kier molecular flexibility index (Phi) is 8.51. The SMILES string of the molecule is CC[C@@H](C)NC(=O)[C@@H](C)N(Cc1cccc(Br)c1)C(=O)COc1ccccc1. The monoisotopic (exact) mass is 446 g/mol. The standard InChI is InChI=1S/C22H27BrN2O3/c1-4-16(2)24-22(27)17(3)25(14-18-9-8-10-19(23)13-18)21(26)15-28-20-11-6-5-7-12-20/h5-13,16-17H,4,14-15H2,1-3H3,(H,24,27)/t16-,17-/m1/s1.